The highest BCUT2D eigenvalue weighted by Gasteiger charge is 2.17. The van der Waals surface area contributed by atoms with Gasteiger partial charge in [-0.15, -0.1) is 10.2 Å². The van der Waals surface area contributed by atoms with E-state index in [9.17, 15) is 0 Å². The molecule has 160 valence electrons. The third kappa shape index (κ3) is 2.86. The first-order valence-corrected chi connectivity index (χ1v) is 11.2. The molecular formula is C30H18N2O2. The van der Waals surface area contributed by atoms with Crippen molar-refractivity contribution in [3.63, 3.8) is 0 Å². The van der Waals surface area contributed by atoms with E-state index in [1.165, 1.54) is 0 Å². The van der Waals surface area contributed by atoms with Gasteiger partial charge in [-0.25, -0.2) is 0 Å². The monoisotopic (exact) mass is 438 g/mol. The molecule has 0 spiro atoms. The van der Waals surface area contributed by atoms with E-state index in [4.69, 9.17) is 8.83 Å². The summed E-state index contributed by atoms with van der Waals surface area (Å²) in [5.41, 5.74) is 5.76. The van der Waals surface area contributed by atoms with Gasteiger partial charge in [-0.05, 0) is 40.6 Å². The number of nitrogens with zero attached hydrogens (tertiary/aromatic N) is 2. The van der Waals surface area contributed by atoms with Gasteiger partial charge in [0.25, 0.3) is 0 Å². The molecule has 0 aliphatic rings. The second-order valence-electron chi connectivity index (χ2n) is 8.27. The summed E-state index contributed by atoms with van der Waals surface area (Å²) in [6.07, 6.45) is 0. The first-order valence-electron chi connectivity index (χ1n) is 11.2. The fraction of sp³-hybridized carbons (Fsp3) is 0. The Kier molecular flexibility index (Phi) is 4.11. The number of fused-ring (bicyclic) bond motifs is 4. The highest BCUT2D eigenvalue weighted by Crippen LogP contribution is 2.40. The summed E-state index contributed by atoms with van der Waals surface area (Å²) < 4.78 is 12.4. The van der Waals surface area contributed by atoms with Crippen molar-refractivity contribution in [2.45, 2.75) is 0 Å². The highest BCUT2D eigenvalue weighted by atomic mass is 16.4. The topological polar surface area (TPSA) is 52.1 Å². The number of para-hydroxylation sites is 2. The van der Waals surface area contributed by atoms with Crippen molar-refractivity contribution in [1.82, 2.24) is 10.2 Å². The molecule has 7 rings (SSSR count). The molecule has 7 aromatic rings. The molecule has 0 radical (unpaired) electrons. The fourth-order valence-electron chi connectivity index (χ4n) is 4.72. The Labute approximate surface area is 195 Å². The molecule has 34 heavy (non-hydrogen) atoms. The van der Waals surface area contributed by atoms with Crippen LogP contribution in [0.4, 0.5) is 0 Å². The number of hydrogen-bond donors (Lipinski definition) is 0. The molecule has 4 heteroatoms. The van der Waals surface area contributed by atoms with E-state index in [0.29, 0.717) is 11.8 Å². The highest BCUT2D eigenvalue weighted by molar-refractivity contribution is 6.13. The van der Waals surface area contributed by atoms with Crippen molar-refractivity contribution in [1.29, 1.82) is 0 Å². The molecule has 0 bridgehead atoms. The summed E-state index contributed by atoms with van der Waals surface area (Å²) >= 11 is 0. The van der Waals surface area contributed by atoms with Crippen molar-refractivity contribution in [3.05, 3.63) is 109 Å². The molecule has 0 N–H and O–H groups in total. The van der Waals surface area contributed by atoms with Crippen molar-refractivity contribution in [2.75, 3.05) is 0 Å². The Bertz CT molecular complexity index is 1810. The Balaban J connectivity index is 1.43. The first-order chi connectivity index (χ1) is 16.9. The van der Waals surface area contributed by atoms with Gasteiger partial charge >= 0.3 is 0 Å². The van der Waals surface area contributed by atoms with Crippen LogP contribution in [0.2, 0.25) is 0 Å². The van der Waals surface area contributed by atoms with E-state index in [-0.39, 0.29) is 0 Å². The Morgan fingerprint density at radius 1 is 0.412 bits per heavy atom. The second-order valence-corrected chi connectivity index (χ2v) is 8.27. The molecule has 0 saturated heterocycles. The first kappa shape index (κ1) is 18.8. The van der Waals surface area contributed by atoms with Gasteiger partial charge in [0.15, 0.2) is 0 Å². The molecular weight excluding hydrogens is 420 g/mol. The number of hydrogen-bond acceptors (Lipinski definition) is 4. The van der Waals surface area contributed by atoms with Gasteiger partial charge in [0.1, 0.15) is 11.2 Å². The largest absolute Gasteiger partial charge is 0.455 e. The molecule has 0 unspecified atom stereocenters. The van der Waals surface area contributed by atoms with Crippen LogP contribution < -0.4 is 0 Å². The molecule has 0 aliphatic carbocycles. The molecule has 0 saturated carbocycles. The third-order valence-corrected chi connectivity index (χ3v) is 6.29. The van der Waals surface area contributed by atoms with Crippen LogP contribution in [-0.4, -0.2) is 10.2 Å². The minimum Gasteiger partial charge on any atom is -0.455 e. The second kappa shape index (κ2) is 7.42. The Morgan fingerprint density at radius 3 is 1.88 bits per heavy atom. The predicted molar refractivity (Wildman–Crippen MR) is 135 cm³/mol. The summed E-state index contributed by atoms with van der Waals surface area (Å²) in [6, 6.07) is 36.8. The Morgan fingerprint density at radius 2 is 1.03 bits per heavy atom. The predicted octanol–water partition coefficient (Wildman–Crippen LogP) is 8.12. The minimum atomic E-state index is 0.503. The fourth-order valence-corrected chi connectivity index (χ4v) is 4.72. The number of furan rings is 1. The van der Waals surface area contributed by atoms with Crippen LogP contribution in [0.1, 0.15) is 0 Å². The number of aromatic nitrogens is 2. The van der Waals surface area contributed by atoms with E-state index in [2.05, 4.69) is 58.7 Å². The summed E-state index contributed by atoms with van der Waals surface area (Å²) in [5, 5.41) is 13.0. The van der Waals surface area contributed by atoms with Crippen LogP contribution >= 0.6 is 0 Å². The van der Waals surface area contributed by atoms with Crippen LogP contribution in [0.25, 0.3) is 66.7 Å². The lowest BCUT2D eigenvalue weighted by Gasteiger charge is -2.10. The van der Waals surface area contributed by atoms with Crippen molar-refractivity contribution < 1.29 is 8.83 Å². The molecule has 2 heterocycles. The minimum absolute atomic E-state index is 0.503. The summed E-state index contributed by atoms with van der Waals surface area (Å²) in [5.74, 6) is 1.01. The standard InChI is InChI=1S/C30H18N2O2/c1-2-9-19(10-3-1)29-31-32-30(34-29)26-17-7-12-20-21(13-6-14-22(20)26)24-15-8-16-25-23-11-4-5-18-27(23)33-28(24)25/h1-18H. The van der Waals surface area contributed by atoms with Crippen LogP contribution in [0.15, 0.2) is 118 Å². The van der Waals surface area contributed by atoms with Crippen molar-refractivity contribution in [3.8, 4) is 34.0 Å². The molecule has 0 aliphatic heterocycles. The van der Waals surface area contributed by atoms with Gasteiger partial charge in [-0.1, -0.05) is 84.9 Å². The number of rotatable bonds is 3. The van der Waals surface area contributed by atoms with E-state index in [0.717, 1.165) is 55.0 Å². The van der Waals surface area contributed by atoms with Gasteiger partial charge in [0, 0.05) is 27.5 Å². The maximum atomic E-state index is 6.31. The molecule has 5 aromatic carbocycles. The number of benzene rings is 5. The zero-order chi connectivity index (χ0) is 22.5. The average Bonchev–Trinajstić information content (AvgIpc) is 3.54. The molecule has 0 atom stereocenters. The van der Waals surface area contributed by atoms with Crippen LogP contribution in [-0.2, 0) is 0 Å². The van der Waals surface area contributed by atoms with E-state index >= 15 is 0 Å². The van der Waals surface area contributed by atoms with E-state index in [1.807, 2.05) is 60.7 Å². The van der Waals surface area contributed by atoms with Gasteiger partial charge in [0.05, 0.1) is 0 Å². The third-order valence-electron chi connectivity index (χ3n) is 6.29. The van der Waals surface area contributed by atoms with Gasteiger partial charge in [-0.2, -0.15) is 0 Å². The van der Waals surface area contributed by atoms with Gasteiger partial charge < -0.3 is 8.83 Å². The SMILES string of the molecule is c1ccc(-c2nnc(-c3cccc4c(-c5cccc6c5oc5ccccc56)cccc34)o2)cc1. The van der Waals surface area contributed by atoms with Crippen molar-refractivity contribution in [2.24, 2.45) is 0 Å². The van der Waals surface area contributed by atoms with Crippen LogP contribution in [0, 0.1) is 0 Å². The molecule has 4 nitrogen and oxygen atoms in total. The maximum Gasteiger partial charge on any atom is 0.248 e. The Hall–Kier alpha value is -4.70. The summed E-state index contributed by atoms with van der Waals surface area (Å²) in [6.45, 7) is 0. The lowest BCUT2D eigenvalue weighted by molar-refractivity contribution is 0.585. The molecule has 0 fully saturated rings. The van der Waals surface area contributed by atoms with Crippen molar-refractivity contribution >= 4 is 32.7 Å². The van der Waals surface area contributed by atoms with Crippen LogP contribution in [0.3, 0.4) is 0 Å². The van der Waals surface area contributed by atoms with Gasteiger partial charge in [-0.3, -0.25) is 0 Å². The maximum absolute atomic E-state index is 6.31. The summed E-state index contributed by atoms with van der Waals surface area (Å²) in [7, 11) is 0. The van der Waals surface area contributed by atoms with E-state index in [1.54, 1.807) is 0 Å². The molecule has 2 aromatic heterocycles. The normalized spacial score (nSPS) is 11.5. The molecule has 0 amide bonds. The van der Waals surface area contributed by atoms with Gasteiger partial charge in [0.2, 0.25) is 11.8 Å². The van der Waals surface area contributed by atoms with E-state index < -0.39 is 0 Å². The average molecular weight is 438 g/mol. The zero-order valence-corrected chi connectivity index (χ0v) is 18.1. The quantitative estimate of drug-likeness (QED) is 0.279. The van der Waals surface area contributed by atoms with Crippen LogP contribution in [0.5, 0.6) is 0 Å². The summed E-state index contributed by atoms with van der Waals surface area (Å²) in [4.78, 5) is 0. The lowest BCUT2D eigenvalue weighted by Crippen LogP contribution is -1.86. The zero-order valence-electron chi connectivity index (χ0n) is 18.1. The lowest BCUT2D eigenvalue weighted by atomic mass is 9.94. The smallest absolute Gasteiger partial charge is 0.248 e.